The Morgan fingerprint density at radius 1 is 1.30 bits per heavy atom. The zero-order chi connectivity index (χ0) is 19.8. The van der Waals surface area contributed by atoms with Crippen molar-refractivity contribution in [3.63, 3.8) is 0 Å². The first kappa shape index (κ1) is 18.6. The molecule has 1 heterocycles. The number of anilines is 1. The van der Waals surface area contributed by atoms with E-state index in [4.69, 9.17) is 10.5 Å². The molecule has 3 rings (SSSR count). The zero-order valence-corrected chi connectivity index (χ0v) is 15.2. The van der Waals surface area contributed by atoms with Gasteiger partial charge in [-0.05, 0) is 12.1 Å². The molecule has 0 saturated heterocycles. The molecular weight excluding hydrogens is 398 g/mol. The van der Waals surface area contributed by atoms with Crippen molar-refractivity contribution < 1.29 is 22.6 Å². The van der Waals surface area contributed by atoms with Gasteiger partial charge in [0.05, 0.1) is 27.9 Å². The van der Waals surface area contributed by atoms with E-state index in [0.29, 0.717) is 10.2 Å². The molecule has 3 N–H and O–H groups in total. The van der Waals surface area contributed by atoms with Crippen molar-refractivity contribution in [2.75, 3.05) is 12.8 Å². The average Bonchev–Trinajstić information content (AvgIpc) is 3.01. The molecule has 27 heavy (non-hydrogen) atoms. The first-order valence-corrected chi connectivity index (χ1v) is 9.36. The molecule has 0 spiro atoms. The number of hydrogen-bond donors (Lipinski definition) is 2. The maximum absolute atomic E-state index is 11.5. The number of thiazole rings is 1. The van der Waals surface area contributed by atoms with Crippen LogP contribution < -0.4 is 10.5 Å². The number of nitrogens with zero attached hydrogens (tertiary/aromatic N) is 4. The molecule has 0 bridgehead atoms. The van der Waals surface area contributed by atoms with Crippen molar-refractivity contribution in [3.05, 3.63) is 40.4 Å². The average molecular weight is 409 g/mol. The third-order valence-electron chi connectivity index (χ3n) is 3.40. The molecule has 13 heteroatoms. The fraction of sp³-hybridized carbons (Fsp3) is 0.0714. The fourth-order valence-corrected chi connectivity index (χ4v) is 3.64. The number of fused-ring (bicyclic) bond motifs is 1. The summed E-state index contributed by atoms with van der Waals surface area (Å²) in [6.45, 7) is 0. The molecule has 0 saturated carbocycles. The van der Waals surface area contributed by atoms with Crippen LogP contribution in [0.5, 0.6) is 5.75 Å². The Kier molecular flexibility index (Phi) is 4.73. The van der Waals surface area contributed by atoms with E-state index >= 15 is 0 Å². The summed E-state index contributed by atoms with van der Waals surface area (Å²) in [5.41, 5.74) is 5.84. The zero-order valence-electron chi connectivity index (χ0n) is 13.6. The summed E-state index contributed by atoms with van der Waals surface area (Å²) in [5.74, 6) is 0.149. The number of methoxy groups -OCH3 is 1. The summed E-state index contributed by atoms with van der Waals surface area (Å²) in [5, 5.41) is 18.6. The van der Waals surface area contributed by atoms with Crippen molar-refractivity contribution in [3.8, 4) is 5.75 Å². The highest BCUT2D eigenvalue weighted by molar-refractivity contribution is 7.86. The number of rotatable bonds is 5. The maximum atomic E-state index is 11.5. The summed E-state index contributed by atoms with van der Waals surface area (Å²) in [7, 11) is -3.27. The van der Waals surface area contributed by atoms with Crippen LogP contribution in [0.15, 0.2) is 45.5 Å². The SMILES string of the molecule is COc1cc(N=Nc2nc3ccc([N+](=O)[O-])cc3s2)c(S(=O)(=O)O)cc1N. The second-order valence-corrected chi connectivity index (χ2v) is 7.54. The molecular formula is C14H11N5O6S2. The number of ether oxygens (including phenoxy) is 1. The molecule has 0 radical (unpaired) electrons. The number of hydrogen-bond acceptors (Lipinski definition) is 10. The monoisotopic (exact) mass is 409 g/mol. The summed E-state index contributed by atoms with van der Waals surface area (Å²) < 4.78 is 38.0. The minimum Gasteiger partial charge on any atom is -0.495 e. The topological polar surface area (TPSA) is 170 Å². The highest BCUT2D eigenvalue weighted by atomic mass is 32.2. The van der Waals surface area contributed by atoms with Gasteiger partial charge in [0, 0.05) is 18.2 Å². The Morgan fingerprint density at radius 3 is 2.67 bits per heavy atom. The molecule has 0 atom stereocenters. The predicted molar refractivity (Wildman–Crippen MR) is 97.7 cm³/mol. The molecule has 0 aliphatic carbocycles. The van der Waals surface area contributed by atoms with E-state index in [1.54, 1.807) is 0 Å². The Hall–Kier alpha value is -3.16. The third-order valence-corrected chi connectivity index (χ3v) is 5.19. The number of aromatic nitrogens is 1. The van der Waals surface area contributed by atoms with Crippen LogP contribution in [0, 0.1) is 10.1 Å². The molecule has 11 nitrogen and oxygen atoms in total. The van der Waals surface area contributed by atoms with Gasteiger partial charge in [0.25, 0.3) is 15.8 Å². The Balaban J connectivity index is 2.05. The normalized spacial score (nSPS) is 11.9. The molecule has 0 unspecified atom stereocenters. The van der Waals surface area contributed by atoms with Crippen LogP contribution in [0.4, 0.5) is 22.2 Å². The van der Waals surface area contributed by atoms with E-state index in [0.717, 1.165) is 17.4 Å². The Bertz CT molecular complexity index is 1190. The van der Waals surface area contributed by atoms with E-state index in [2.05, 4.69) is 15.2 Å². The van der Waals surface area contributed by atoms with Gasteiger partial charge in [0.2, 0.25) is 5.13 Å². The summed E-state index contributed by atoms with van der Waals surface area (Å²) in [4.78, 5) is 13.9. The quantitative estimate of drug-likeness (QED) is 0.212. The van der Waals surface area contributed by atoms with Crippen molar-refractivity contribution >= 4 is 53.9 Å². The van der Waals surface area contributed by atoms with Crippen LogP contribution in [-0.4, -0.2) is 30.0 Å². The largest absolute Gasteiger partial charge is 0.495 e. The van der Waals surface area contributed by atoms with Gasteiger partial charge in [-0.2, -0.15) is 8.42 Å². The summed E-state index contributed by atoms with van der Waals surface area (Å²) in [6.07, 6.45) is 0. The number of nitro groups is 1. The van der Waals surface area contributed by atoms with Gasteiger partial charge in [-0.15, -0.1) is 10.2 Å². The Morgan fingerprint density at radius 2 is 2.04 bits per heavy atom. The Labute approximate surface area is 156 Å². The van der Waals surface area contributed by atoms with Gasteiger partial charge in [-0.3, -0.25) is 14.7 Å². The molecule has 0 fully saturated rings. The number of azo groups is 1. The minimum atomic E-state index is -4.61. The number of nitrogen functional groups attached to an aromatic ring is 1. The van der Waals surface area contributed by atoms with Crippen LogP contribution in [0.25, 0.3) is 10.2 Å². The molecule has 140 valence electrons. The molecule has 0 aliphatic heterocycles. The fourth-order valence-electron chi connectivity index (χ4n) is 2.18. The van der Waals surface area contributed by atoms with Crippen molar-refractivity contribution in [2.24, 2.45) is 10.2 Å². The van der Waals surface area contributed by atoms with E-state index in [9.17, 15) is 23.1 Å². The number of nitrogens with two attached hydrogens (primary N) is 1. The van der Waals surface area contributed by atoms with Gasteiger partial charge in [-0.1, -0.05) is 11.3 Å². The first-order chi connectivity index (χ1) is 12.7. The smallest absolute Gasteiger partial charge is 0.296 e. The molecule has 1 aromatic heterocycles. The van der Waals surface area contributed by atoms with Crippen LogP contribution >= 0.6 is 11.3 Å². The van der Waals surface area contributed by atoms with Crippen molar-refractivity contribution in [2.45, 2.75) is 4.90 Å². The van der Waals surface area contributed by atoms with Crippen LogP contribution in [0.2, 0.25) is 0 Å². The van der Waals surface area contributed by atoms with Gasteiger partial charge in [0.1, 0.15) is 16.3 Å². The van der Waals surface area contributed by atoms with E-state index < -0.39 is 19.9 Å². The minimum absolute atomic E-state index is 0.00336. The lowest BCUT2D eigenvalue weighted by atomic mass is 10.2. The van der Waals surface area contributed by atoms with Gasteiger partial charge >= 0.3 is 0 Å². The highest BCUT2D eigenvalue weighted by Crippen LogP contribution is 2.36. The van der Waals surface area contributed by atoms with Gasteiger partial charge in [0.15, 0.2) is 0 Å². The number of benzene rings is 2. The lowest BCUT2D eigenvalue weighted by Gasteiger charge is -2.08. The second-order valence-electron chi connectivity index (χ2n) is 5.14. The summed E-state index contributed by atoms with van der Waals surface area (Å²) in [6, 6.07) is 6.34. The van der Waals surface area contributed by atoms with Crippen molar-refractivity contribution in [1.82, 2.24) is 4.98 Å². The lowest BCUT2D eigenvalue weighted by Crippen LogP contribution is -2.01. The first-order valence-electron chi connectivity index (χ1n) is 7.11. The molecule has 2 aromatic carbocycles. The standard InChI is InChI=1S/C14H11N5O6S2/c1-25-11-6-10(13(5-8(11)15)27(22,23)24)17-18-14-16-9-3-2-7(19(20)21)4-12(9)26-14/h2-6H,15H2,1H3,(H,22,23,24). The molecule has 0 amide bonds. The van der Waals surface area contributed by atoms with Crippen LogP contribution in [0.3, 0.4) is 0 Å². The maximum Gasteiger partial charge on any atom is 0.296 e. The number of non-ortho nitro benzene ring substituents is 1. The van der Waals surface area contributed by atoms with E-state index in [1.807, 2.05) is 0 Å². The summed E-state index contributed by atoms with van der Waals surface area (Å²) >= 11 is 1.03. The van der Waals surface area contributed by atoms with E-state index in [-0.39, 0.29) is 27.9 Å². The predicted octanol–water partition coefficient (Wildman–Crippen LogP) is 3.46. The highest BCUT2D eigenvalue weighted by Gasteiger charge is 2.19. The van der Waals surface area contributed by atoms with Crippen LogP contribution in [0.1, 0.15) is 0 Å². The van der Waals surface area contributed by atoms with Gasteiger partial charge < -0.3 is 10.5 Å². The third kappa shape index (κ3) is 3.84. The van der Waals surface area contributed by atoms with Gasteiger partial charge in [-0.25, -0.2) is 4.98 Å². The van der Waals surface area contributed by atoms with Crippen molar-refractivity contribution in [1.29, 1.82) is 0 Å². The molecule has 3 aromatic rings. The molecule has 0 aliphatic rings. The number of nitro benzene ring substituents is 1. The lowest BCUT2D eigenvalue weighted by molar-refractivity contribution is -0.384. The van der Waals surface area contributed by atoms with E-state index in [1.165, 1.54) is 31.4 Å². The van der Waals surface area contributed by atoms with Crippen LogP contribution in [-0.2, 0) is 10.1 Å². The second kappa shape index (κ2) is 6.86.